The minimum absolute atomic E-state index is 0.144. The standard InChI is InChI=1S/C13H23NOS/c1-11-12(6-8-15-11)16-9-5-4-7-13(2,3)10-14/h11-12H,4-9H2,1-3H3. The first-order valence-electron chi connectivity index (χ1n) is 6.19. The highest BCUT2D eigenvalue weighted by molar-refractivity contribution is 7.99. The third-order valence-electron chi connectivity index (χ3n) is 3.14. The summed E-state index contributed by atoms with van der Waals surface area (Å²) in [6, 6.07) is 2.35. The highest BCUT2D eigenvalue weighted by Crippen LogP contribution is 2.28. The average Bonchev–Trinajstić information content (AvgIpc) is 2.64. The van der Waals surface area contributed by atoms with Crippen LogP contribution in [0.3, 0.4) is 0 Å². The Morgan fingerprint density at radius 3 is 2.75 bits per heavy atom. The van der Waals surface area contributed by atoms with Crippen LogP contribution in [0.2, 0.25) is 0 Å². The minimum Gasteiger partial charge on any atom is -0.377 e. The van der Waals surface area contributed by atoms with Crippen LogP contribution in [0.5, 0.6) is 0 Å². The summed E-state index contributed by atoms with van der Waals surface area (Å²) in [6.07, 6.45) is 5.03. The number of ether oxygens (including phenoxy) is 1. The Kier molecular flexibility index (Phi) is 5.64. The van der Waals surface area contributed by atoms with E-state index in [-0.39, 0.29) is 5.41 Å². The van der Waals surface area contributed by atoms with Gasteiger partial charge in [-0.2, -0.15) is 17.0 Å². The van der Waals surface area contributed by atoms with Gasteiger partial charge in [0.25, 0.3) is 0 Å². The molecule has 1 saturated heterocycles. The molecule has 0 saturated carbocycles. The number of hydrogen-bond acceptors (Lipinski definition) is 3. The van der Waals surface area contributed by atoms with Gasteiger partial charge in [-0.25, -0.2) is 0 Å². The molecule has 0 aromatic carbocycles. The largest absolute Gasteiger partial charge is 0.377 e. The van der Waals surface area contributed by atoms with Crippen LogP contribution in [-0.2, 0) is 4.74 Å². The number of unbranched alkanes of at least 4 members (excludes halogenated alkanes) is 1. The second-order valence-corrected chi connectivity index (χ2v) is 6.57. The van der Waals surface area contributed by atoms with E-state index < -0.39 is 0 Å². The molecule has 0 aromatic rings. The molecule has 0 aromatic heterocycles. The smallest absolute Gasteiger partial charge is 0.0683 e. The van der Waals surface area contributed by atoms with Gasteiger partial charge in [0.2, 0.25) is 0 Å². The zero-order valence-corrected chi connectivity index (χ0v) is 11.5. The van der Waals surface area contributed by atoms with Crippen molar-refractivity contribution in [3.8, 4) is 6.07 Å². The van der Waals surface area contributed by atoms with Crippen molar-refractivity contribution in [3.05, 3.63) is 0 Å². The predicted molar refractivity (Wildman–Crippen MR) is 69.5 cm³/mol. The lowest BCUT2D eigenvalue weighted by Gasteiger charge is -2.16. The molecule has 1 aliphatic heterocycles. The molecule has 0 aliphatic carbocycles. The SMILES string of the molecule is CC1OCCC1SCCCCC(C)(C)C#N. The van der Waals surface area contributed by atoms with Crippen LogP contribution >= 0.6 is 11.8 Å². The summed E-state index contributed by atoms with van der Waals surface area (Å²) in [7, 11) is 0. The Hall–Kier alpha value is -0.200. The molecule has 0 spiro atoms. The van der Waals surface area contributed by atoms with E-state index >= 15 is 0 Å². The van der Waals surface area contributed by atoms with E-state index in [1.807, 2.05) is 25.6 Å². The molecule has 0 bridgehead atoms. The zero-order chi connectivity index (χ0) is 12.0. The molecule has 1 rings (SSSR count). The van der Waals surface area contributed by atoms with Gasteiger partial charge in [-0.15, -0.1) is 0 Å². The molecule has 0 amide bonds. The minimum atomic E-state index is -0.144. The van der Waals surface area contributed by atoms with E-state index in [0.29, 0.717) is 11.4 Å². The summed E-state index contributed by atoms with van der Waals surface area (Å²) in [5, 5.41) is 9.58. The lowest BCUT2D eigenvalue weighted by molar-refractivity contribution is 0.127. The molecule has 2 atom stereocenters. The third-order valence-corrected chi connectivity index (χ3v) is 4.71. The van der Waals surface area contributed by atoms with Gasteiger partial charge in [0.1, 0.15) is 0 Å². The zero-order valence-electron chi connectivity index (χ0n) is 10.7. The van der Waals surface area contributed by atoms with Crippen LogP contribution in [0.15, 0.2) is 0 Å². The normalized spacial score (nSPS) is 25.6. The molecule has 0 radical (unpaired) electrons. The van der Waals surface area contributed by atoms with Gasteiger partial charge < -0.3 is 4.74 Å². The molecule has 1 heterocycles. The van der Waals surface area contributed by atoms with E-state index in [0.717, 1.165) is 19.4 Å². The predicted octanol–water partition coefficient (Wildman–Crippen LogP) is 3.62. The van der Waals surface area contributed by atoms with Crippen molar-refractivity contribution in [3.63, 3.8) is 0 Å². The Morgan fingerprint density at radius 1 is 1.44 bits per heavy atom. The van der Waals surface area contributed by atoms with E-state index in [2.05, 4.69) is 13.0 Å². The van der Waals surface area contributed by atoms with Crippen LogP contribution in [0.1, 0.15) is 46.5 Å². The summed E-state index contributed by atoms with van der Waals surface area (Å²) >= 11 is 2.04. The van der Waals surface area contributed by atoms with Gasteiger partial charge in [0, 0.05) is 11.9 Å². The van der Waals surface area contributed by atoms with Gasteiger partial charge in [-0.05, 0) is 45.8 Å². The number of thioether (sulfide) groups is 1. The summed E-state index contributed by atoms with van der Waals surface area (Å²) in [4.78, 5) is 0. The lowest BCUT2D eigenvalue weighted by atomic mass is 9.89. The van der Waals surface area contributed by atoms with Crippen molar-refractivity contribution < 1.29 is 4.74 Å². The second-order valence-electron chi connectivity index (χ2n) is 5.23. The number of nitriles is 1. The van der Waals surface area contributed by atoms with Crippen molar-refractivity contribution >= 4 is 11.8 Å². The van der Waals surface area contributed by atoms with Crippen molar-refractivity contribution in [2.24, 2.45) is 5.41 Å². The number of rotatable bonds is 6. The molecule has 1 aliphatic rings. The summed E-state index contributed by atoms with van der Waals surface area (Å²) in [6.45, 7) is 7.14. The monoisotopic (exact) mass is 241 g/mol. The second kappa shape index (κ2) is 6.51. The highest BCUT2D eigenvalue weighted by atomic mass is 32.2. The first-order valence-corrected chi connectivity index (χ1v) is 7.24. The number of hydrogen-bond donors (Lipinski definition) is 0. The molecule has 16 heavy (non-hydrogen) atoms. The van der Waals surface area contributed by atoms with Crippen LogP contribution < -0.4 is 0 Å². The van der Waals surface area contributed by atoms with Gasteiger partial charge in [-0.1, -0.05) is 6.42 Å². The maximum Gasteiger partial charge on any atom is 0.0683 e. The van der Waals surface area contributed by atoms with Crippen molar-refractivity contribution in [1.29, 1.82) is 5.26 Å². The molecule has 3 heteroatoms. The van der Waals surface area contributed by atoms with Crippen LogP contribution in [0, 0.1) is 16.7 Å². The fraction of sp³-hybridized carbons (Fsp3) is 0.923. The lowest BCUT2D eigenvalue weighted by Crippen LogP contribution is -2.14. The van der Waals surface area contributed by atoms with E-state index in [1.165, 1.54) is 18.6 Å². The molecule has 92 valence electrons. The van der Waals surface area contributed by atoms with Gasteiger partial charge in [-0.3, -0.25) is 0 Å². The van der Waals surface area contributed by atoms with Crippen molar-refractivity contribution in [2.45, 2.75) is 57.8 Å². The Labute approximate surface area is 104 Å². The topological polar surface area (TPSA) is 33.0 Å². The van der Waals surface area contributed by atoms with Gasteiger partial charge in [0.05, 0.1) is 17.6 Å². The fourth-order valence-corrected chi connectivity index (χ4v) is 3.18. The first kappa shape index (κ1) is 13.9. The molecule has 2 unspecified atom stereocenters. The summed E-state index contributed by atoms with van der Waals surface area (Å²) < 4.78 is 5.53. The fourth-order valence-electron chi connectivity index (χ4n) is 1.89. The highest BCUT2D eigenvalue weighted by Gasteiger charge is 2.24. The number of nitrogens with zero attached hydrogens (tertiary/aromatic N) is 1. The van der Waals surface area contributed by atoms with E-state index in [4.69, 9.17) is 10.00 Å². The summed E-state index contributed by atoms with van der Waals surface area (Å²) in [5.74, 6) is 1.21. The van der Waals surface area contributed by atoms with Crippen LogP contribution in [0.4, 0.5) is 0 Å². The van der Waals surface area contributed by atoms with E-state index in [1.54, 1.807) is 0 Å². The Morgan fingerprint density at radius 2 is 2.19 bits per heavy atom. The maximum atomic E-state index is 8.89. The Bertz CT molecular complexity index is 247. The van der Waals surface area contributed by atoms with Gasteiger partial charge >= 0.3 is 0 Å². The molecular formula is C13H23NOS. The maximum absolute atomic E-state index is 8.89. The molecule has 0 N–H and O–H groups in total. The van der Waals surface area contributed by atoms with Crippen molar-refractivity contribution in [2.75, 3.05) is 12.4 Å². The molecule has 2 nitrogen and oxygen atoms in total. The van der Waals surface area contributed by atoms with Crippen LogP contribution in [0.25, 0.3) is 0 Å². The first-order chi connectivity index (χ1) is 7.55. The van der Waals surface area contributed by atoms with E-state index in [9.17, 15) is 0 Å². The molecular weight excluding hydrogens is 218 g/mol. The van der Waals surface area contributed by atoms with Crippen LogP contribution in [-0.4, -0.2) is 23.7 Å². The van der Waals surface area contributed by atoms with Crippen molar-refractivity contribution in [1.82, 2.24) is 0 Å². The molecule has 1 fully saturated rings. The Balaban J connectivity index is 2.02. The van der Waals surface area contributed by atoms with Gasteiger partial charge in [0.15, 0.2) is 0 Å². The third kappa shape index (κ3) is 4.76. The summed E-state index contributed by atoms with van der Waals surface area (Å²) in [5.41, 5.74) is -0.144. The average molecular weight is 241 g/mol. The quantitative estimate of drug-likeness (QED) is 0.666.